The fraction of sp³-hybridized carbons (Fsp3) is 0.500. The highest BCUT2D eigenvalue weighted by atomic mass is 32.1. The standard InChI is InChI=1S/C32H44S/c1-29(2,3)25-15-13-12-14-23(25)24-17-16-22(20-26(24)30(4,5)6)21-32(10,11)28-19-18-27(33-28)31(7,8)9/h12-20H,21H2,1-11H3. The van der Waals surface area contributed by atoms with Crippen LogP contribution in [0.4, 0.5) is 0 Å². The van der Waals surface area contributed by atoms with Gasteiger partial charge in [-0.25, -0.2) is 0 Å². The molecule has 0 unspecified atom stereocenters. The molecule has 1 heteroatoms. The Hall–Kier alpha value is -1.86. The fourth-order valence-corrected chi connectivity index (χ4v) is 5.79. The predicted octanol–water partition coefficient (Wildman–Crippen LogP) is 9.83. The first-order chi connectivity index (χ1) is 15.0. The van der Waals surface area contributed by atoms with E-state index in [2.05, 4.69) is 131 Å². The Morgan fingerprint density at radius 3 is 1.64 bits per heavy atom. The van der Waals surface area contributed by atoms with Crippen LogP contribution in [0.5, 0.6) is 0 Å². The van der Waals surface area contributed by atoms with E-state index in [0.29, 0.717) is 0 Å². The van der Waals surface area contributed by atoms with Gasteiger partial charge in [0.05, 0.1) is 0 Å². The molecular weight excluding hydrogens is 416 g/mol. The molecule has 33 heavy (non-hydrogen) atoms. The summed E-state index contributed by atoms with van der Waals surface area (Å²) in [5.41, 5.74) is 7.52. The lowest BCUT2D eigenvalue weighted by molar-refractivity contribution is 0.531. The SMILES string of the molecule is CC(C)(C)c1ccc(C(C)(C)Cc2ccc(-c3ccccc3C(C)(C)C)c(C(C)(C)C)c2)s1. The molecule has 3 aromatic rings. The lowest BCUT2D eigenvalue weighted by Gasteiger charge is -2.30. The molecule has 0 nitrogen and oxygen atoms in total. The maximum atomic E-state index is 2.48. The first-order valence-corrected chi connectivity index (χ1v) is 13.2. The van der Waals surface area contributed by atoms with Gasteiger partial charge in [0, 0.05) is 15.2 Å². The molecule has 0 saturated heterocycles. The number of thiophene rings is 1. The molecule has 0 spiro atoms. The lowest BCUT2D eigenvalue weighted by atomic mass is 9.75. The van der Waals surface area contributed by atoms with E-state index < -0.39 is 0 Å². The van der Waals surface area contributed by atoms with Crippen LogP contribution in [0.25, 0.3) is 11.1 Å². The molecule has 0 aliphatic rings. The van der Waals surface area contributed by atoms with Gasteiger partial charge in [-0.05, 0) is 62.6 Å². The Balaban J connectivity index is 2.05. The summed E-state index contributed by atoms with van der Waals surface area (Å²) in [7, 11) is 0. The molecule has 2 aromatic carbocycles. The van der Waals surface area contributed by atoms with Crippen molar-refractivity contribution in [3.63, 3.8) is 0 Å². The number of hydrogen-bond acceptors (Lipinski definition) is 1. The molecule has 0 bridgehead atoms. The van der Waals surface area contributed by atoms with Gasteiger partial charge in [0.15, 0.2) is 0 Å². The third-order valence-corrected chi connectivity index (χ3v) is 8.45. The number of rotatable bonds is 4. The van der Waals surface area contributed by atoms with Gasteiger partial charge in [-0.15, -0.1) is 11.3 Å². The van der Waals surface area contributed by atoms with E-state index in [1.54, 1.807) is 0 Å². The Kier molecular flexibility index (Phi) is 6.82. The first-order valence-electron chi connectivity index (χ1n) is 12.3. The van der Waals surface area contributed by atoms with Crippen molar-refractivity contribution in [1.29, 1.82) is 0 Å². The summed E-state index contributed by atoms with van der Waals surface area (Å²) in [6, 6.07) is 20.8. The topological polar surface area (TPSA) is 0 Å². The largest absolute Gasteiger partial charge is 0.144 e. The maximum absolute atomic E-state index is 2.48. The van der Waals surface area contributed by atoms with Crippen LogP contribution in [0.15, 0.2) is 54.6 Å². The molecule has 0 amide bonds. The highest BCUT2D eigenvalue weighted by Crippen LogP contribution is 2.41. The molecule has 0 aliphatic heterocycles. The van der Waals surface area contributed by atoms with Crippen molar-refractivity contribution in [2.24, 2.45) is 0 Å². The molecule has 0 fully saturated rings. The van der Waals surface area contributed by atoms with Crippen LogP contribution in [0.1, 0.15) is 103 Å². The van der Waals surface area contributed by atoms with Gasteiger partial charge in [0.1, 0.15) is 0 Å². The van der Waals surface area contributed by atoms with Crippen LogP contribution in [-0.4, -0.2) is 0 Å². The normalized spacial score (nSPS) is 13.4. The van der Waals surface area contributed by atoms with Gasteiger partial charge in [0.25, 0.3) is 0 Å². The highest BCUT2D eigenvalue weighted by Gasteiger charge is 2.28. The number of benzene rings is 2. The smallest absolute Gasteiger partial charge is 0.0108 e. The van der Waals surface area contributed by atoms with Crippen molar-refractivity contribution in [3.05, 3.63) is 81.0 Å². The molecule has 0 saturated carbocycles. The van der Waals surface area contributed by atoms with E-state index in [-0.39, 0.29) is 21.7 Å². The van der Waals surface area contributed by atoms with Crippen LogP contribution >= 0.6 is 11.3 Å². The highest BCUT2D eigenvalue weighted by molar-refractivity contribution is 7.12. The minimum absolute atomic E-state index is 0.0722. The Bertz CT molecular complexity index is 1100. The first kappa shape index (κ1) is 25.8. The van der Waals surface area contributed by atoms with E-state index in [4.69, 9.17) is 0 Å². The Labute approximate surface area is 207 Å². The van der Waals surface area contributed by atoms with Crippen LogP contribution in [0.3, 0.4) is 0 Å². The monoisotopic (exact) mass is 460 g/mol. The summed E-state index contributed by atoms with van der Waals surface area (Å²) in [5, 5.41) is 0. The van der Waals surface area contributed by atoms with Crippen LogP contribution in [0, 0.1) is 0 Å². The van der Waals surface area contributed by atoms with E-state index in [1.807, 2.05) is 11.3 Å². The zero-order valence-corrected chi connectivity index (χ0v) is 23.6. The second-order valence-electron chi connectivity index (χ2n) is 13.4. The average molecular weight is 461 g/mol. The van der Waals surface area contributed by atoms with Gasteiger partial charge in [0.2, 0.25) is 0 Å². The summed E-state index contributed by atoms with van der Waals surface area (Å²) in [4.78, 5) is 2.95. The Morgan fingerprint density at radius 1 is 0.545 bits per heavy atom. The van der Waals surface area contributed by atoms with Gasteiger partial charge < -0.3 is 0 Å². The molecule has 1 aromatic heterocycles. The quantitative estimate of drug-likeness (QED) is 0.363. The third kappa shape index (κ3) is 5.80. The zero-order valence-electron chi connectivity index (χ0n) is 22.8. The van der Waals surface area contributed by atoms with Gasteiger partial charge >= 0.3 is 0 Å². The van der Waals surface area contributed by atoms with Gasteiger partial charge in [-0.1, -0.05) is 119 Å². The summed E-state index contributed by atoms with van der Waals surface area (Å²) in [5.74, 6) is 0. The molecular formula is C32H44S. The van der Waals surface area contributed by atoms with Gasteiger partial charge in [-0.3, -0.25) is 0 Å². The molecule has 0 atom stereocenters. The molecule has 3 rings (SSSR count). The minimum Gasteiger partial charge on any atom is -0.144 e. The summed E-state index contributed by atoms with van der Waals surface area (Å²) in [6.07, 6.45) is 1.04. The van der Waals surface area contributed by atoms with Crippen molar-refractivity contribution >= 4 is 11.3 Å². The summed E-state index contributed by atoms with van der Waals surface area (Å²) in [6.45, 7) is 25.7. The molecule has 1 heterocycles. The summed E-state index contributed by atoms with van der Waals surface area (Å²) >= 11 is 1.98. The van der Waals surface area contributed by atoms with Crippen LogP contribution < -0.4 is 0 Å². The van der Waals surface area contributed by atoms with E-state index in [1.165, 1.54) is 37.6 Å². The maximum Gasteiger partial charge on any atom is 0.0108 e. The van der Waals surface area contributed by atoms with Crippen molar-refractivity contribution in [2.75, 3.05) is 0 Å². The van der Waals surface area contributed by atoms with Crippen molar-refractivity contribution in [1.82, 2.24) is 0 Å². The summed E-state index contributed by atoms with van der Waals surface area (Å²) < 4.78 is 0. The Morgan fingerprint density at radius 2 is 1.09 bits per heavy atom. The zero-order chi connectivity index (χ0) is 24.8. The lowest BCUT2D eigenvalue weighted by Crippen LogP contribution is -2.20. The fourth-order valence-electron chi connectivity index (χ4n) is 4.63. The molecule has 0 N–H and O–H groups in total. The minimum atomic E-state index is 0.0722. The van der Waals surface area contributed by atoms with Crippen molar-refractivity contribution in [3.8, 4) is 11.1 Å². The van der Waals surface area contributed by atoms with Crippen molar-refractivity contribution < 1.29 is 0 Å². The molecule has 0 aliphatic carbocycles. The second-order valence-corrected chi connectivity index (χ2v) is 14.5. The predicted molar refractivity (Wildman–Crippen MR) is 149 cm³/mol. The van der Waals surface area contributed by atoms with Crippen molar-refractivity contribution in [2.45, 2.75) is 104 Å². The number of hydrogen-bond donors (Lipinski definition) is 0. The third-order valence-electron chi connectivity index (χ3n) is 6.58. The van der Waals surface area contributed by atoms with E-state index >= 15 is 0 Å². The van der Waals surface area contributed by atoms with Gasteiger partial charge in [-0.2, -0.15) is 0 Å². The van der Waals surface area contributed by atoms with Crippen LogP contribution in [-0.2, 0) is 28.1 Å². The van der Waals surface area contributed by atoms with Crippen LogP contribution in [0.2, 0.25) is 0 Å². The van der Waals surface area contributed by atoms with E-state index in [9.17, 15) is 0 Å². The van der Waals surface area contributed by atoms with E-state index in [0.717, 1.165) is 6.42 Å². The molecule has 0 radical (unpaired) electrons. The molecule has 178 valence electrons. The average Bonchev–Trinajstić information content (AvgIpc) is 3.18. The second kappa shape index (κ2) is 8.73.